The van der Waals surface area contributed by atoms with E-state index in [1.165, 1.54) is 68.1 Å². The second kappa shape index (κ2) is 10.5. The lowest BCUT2D eigenvalue weighted by Crippen LogP contribution is -2.33. The fourth-order valence-corrected chi connectivity index (χ4v) is 8.75. The SMILES string of the molecule is CC1(C)CCC(C)(C)c2cc3c(cc21)oc1cc(N(c2ccc4c(c2)C(C)(C)c2ccccc2-4)c2ccccc2-c2ccccc2)ccc13. The van der Waals surface area contributed by atoms with Gasteiger partial charge >= 0.3 is 0 Å². The average Bonchev–Trinajstić information content (AvgIpc) is 3.58. The molecule has 0 amide bonds. The Balaban J connectivity index is 1.26. The van der Waals surface area contributed by atoms with E-state index in [-0.39, 0.29) is 16.2 Å². The summed E-state index contributed by atoms with van der Waals surface area (Å²) in [6, 6.07) is 47.0. The van der Waals surface area contributed by atoms with Crippen LogP contribution in [0.5, 0.6) is 0 Å². The van der Waals surface area contributed by atoms with Crippen LogP contribution in [0.1, 0.15) is 76.6 Å². The maximum Gasteiger partial charge on any atom is 0.137 e. The lowest BCUT2D eigenvalue weighted by molar-refractivity contribution is 0.332. The second-order valence-corrected chi connectivity index (χ2v) is 16.1. The van der Waals surface area contributed by atoms with E-state index in [0.29, 0.717) is 0 Å². The Labute approximate surface area is 290 Å². The van der Waals surface area contributed by atoms with Crippen molar-refractivity contribution in [3.05, 3.63) is 150 Å². The van der Waals surface area contributed by atoms with E-state index in [1.807, 2.05) is 0 Å². The maximum atomic E-state index is 6.78. The van der Waals surface area contributed by atoms with Crippen LogP contribution in [0.4, 0.5) is 17.1 Å². The first-order valence-electron chi connectivity index (χ1n) is 17.7. The average molecular weight is 638 g/mol. The Kier molecular flexibility index (Phi) is 6.41. The normalized spacial score (nSPS) is 16.7. The summed E-state index contributed by atoms with van der Waals surface area (Å²) in [7, 11) is 0. The predicted molar refractivity (Wildman–Crippen MR) is 207 cm³/mol. The number of anilines is 3. The summed E-state index contributed by atoms with van der Waals surface area (Å²) in [5, 5.41) is 2.38. The van der Waals surface area contributed by atoms with Crippen molar-refractivity contribution in [1.82, 2.24) is 0 Å². The van der Waals surface area contributed by atoms with Gasteiger partial charge in [-0.2, -0.15) is 0 Å². The minimum absolute atomic E-state index is 0.101. The Bertz CT molecular complexity index is 2420. The van der Waals surface area contributed by atoms with Crippen molar-refractivity contribution in [2.75, 3.05) is 4.90 Å². The molecule has 2 heteroatoms. The first-order valence-corrected chi connectivity index (χ1v) is 17.7. The van der Waals surface area contributed by atoms with Gasteiger partial charge in [0.2, 0.25) is 0 Å². The van der Waals surface area contributed by atoms with Crippen molar-refractivity contribution in [3.8, 4) is 22.3 Å². The number of furan rings is 1. The van der Waals surface area contributed by atoms with Crippen molar-refractivity contribution in [3.63, 3.8) is 0 Å². The van der Waals surface area contributed by atoms with E-state index >= 15 is 0 Å². The molecule has 242 valence electrons. The Morgan fingerprint density at radius 3 is 1.84 bits per heavy atom. The van der Waals surface area contributed by atoms with Gasteiger partial charge in [0.05, 0.1) is 5.69 Å². The van der Waals surface area contributed by atoms with Gasteiger partial charge in [-0.15, -0.1) is 0 Å². The van der Waals surface area contributed by atoms with Crippen molar-refractivity contribution in [2.24, 2.45) is 0 Å². The zero-order valence-corrected chi connectivity index (χ0v) is 29.4. The van der Waals surface area contributed by atoms with E-state index in [1.54, 1.807) is 0 Å². The molecule has 6 aromatic carbocycles. The molecule has 0 saturated heterocycles. The largest absolute Gasteiger partial charge is 0.456 e. The topological polar surface area (TPSA) is 16.4 Å². The van der Waals surface area contributed by atoms with Gasteiger partial charge in [0.25, 0.3) is 0 Å². The van der Waals surface area contributed by atoms with Crippen LogP contribution in [0.2, 0.25) is 0 Å². The quantitative estimate of drug-likeness (QED) is 0.191. The lowest BCUT2D eigenvalue weighted by Gasteiger charge is -2.41. The first-order chi connectivity index (χ1) is 23.5. The lowest BCUT2D eigenvalue weighted by atomic mass is 9.63. The zero-order valence-electron chi connectivity index (χ0n) is 29.4. The monoisotopic (exact) mass is 637 g/mol. The molecule has 0 saturated carbocycles. The smallest absolute Gasteiger partial charge is 0.137 e. The van der Waals surface area contributed by atoms with E-state index < -0.39 is 0 Å². The van der Waals surface area contributed by atoms with E-state index in [0.717, 1.165) is 28.2 Å². The highest BCUT2D eigenvalue weighted by Crippen LogP contribution is 2.52. The minimum Gasteiger partial charge on any atom is -0.456 e. The van der Waals surface area contributed by atoms with E-state index in [9.17, 15) is 0 Å². The molecule has 0 aliphatic heterocycles. The number of hydrogen-bond donors (Lipinski definition) is 0. The molecule has 0 bridgehead atoms. The van der Waals surface area contributed by atoms with Gasteiger partial charge in [-0.1, -0.05) is 120 Å². The van der Waals surface area contributed by atoms with Crippen LogP contribution in [-0.4, -0.2) is 0 Å². The van der Waals surface area contributed by atoms with Gasteiger partial charge in [0.15, 0.2) is 0 Å². The van der Waals surface area contributed by atoms with E-state index in [4.69, 9.17) is 4.42 Å². The Hall–Kier alpha value is -5.08. The zero-order chi connectivity index (χ0) is 33.7. The number of benzene rings is 6. The van der Waals surface area contributed by atoms with Gasteiger partial charge < -0.3 is 9.32 Å². The molecule has 0 unspecified atom stereocenters. The third-order valence-electron chi connectivity index (χ3n) is 11.7. The molecular weight excluding hydrogens is 595 g/mol. The highest BCUT2D eigenvalue weighted by molar-refractivity contribution is 6.07. The molecule has 7 aromatic rings. The number of fused-ring (bicyclic) bond motifs is 7. The molecule has 0 N–H and O–H groups in total. The highest BCUT2D eigenvalue weighted by atomic mass is 16.3. The molecule has 49 heavy (non-hydrogen) atoms. The van der Waals surface area contributed by atoms with Crippen LogP contribution in [-0.2, 0) is 16.2 Å². The first kappa shape index (κ1) is 30.0. The highest BCUT2D eigenvalue weighted by Gasteiger charge is 2.38. The van der Waals surface area contributed by atoms with Gasteiger partial charge in [-0.3, -0.25) is 0 Å². The van der Waals surface area contributed by atoms with Crippen LogP contribution in [0.15, 0.2) is 132 Å². The molecule has 9 rings (SSSR count). The van der Waals surface area contributed by atoms with Crippen molar-refractivity contribution < 1.29 is 4.42 Å². The summed E-state index contributed by atoms with van der Waals surface area (Å²) in [5.74, 6) is 0. The third-order valence-corrected chi connectivity index (χ3v) is 11.7. The predicted octanol–water partition coefficient (Wildman–Crippen LogP) is 13.4. The molecule has 2 nitrogen and oxygen atoms in total. The number of para-hydroxylation sites is 1. The summed E-state index contributed by atoms with van der Waals surface area (Å²) in [6.45, 7) is 14.3. The van der Waals surface area contributed by atoms with E-state index in [2.05, 4.69) is 174 Å². The van der Waals surface area contributed by atoms with Crippen LogP contribution in [0.3, 0.4) is 0 Å². The fraction of sp³-hybridized carbons (Fsp3) is 0.234. The molecule has 2 aliphatic rings. The molecular formula is C47H43NO. The molecule has 0 spiro atoms. The van der Waals surface area contributed by atoms with Crippen LogP contribution < -0.4 is 4.90 Å². The number of hydrogen-bond acceptors (Lipinski definition) is 2. The van der Waals surface area contributed by atoms with Gasteiger partial charge in [-0.25, -0.2) is 0 Å². The van der Waals surface area contributed by atoms with Crippen molar-refractivity contribution in [1.29, 1.82) is 0 Å². The van der Waals surface area contributed by atoms with Crippen molar-refractivity contribution in [2.45, 2.75) is 70.6 Å². The Morgan fingerprint density at radius 1 is 0.469 bits per heavy atom. The molecule has 2 aliphatic carbocycles. The van der Waals surface area contributed by atoms with Crippen molar-refractivity contribution >= 4 is 39.0 Å². The minimum atomic E-state index is -0.101. The van der Waals surface area contributed by atoms with Crippen LogP contribution >= 0.6 is 0 Å². The van der Waals surface area contributed by atoms with Crippen LogP contribution in [0, 0.1) is 0 Å². The molecule has 0 atom stereocenters. The molecule has 1 heterocycles. The number of rotatable bonds is 4. The van der Waals surface area contributed by atoms with Gasteiger partial charge in [0, 0.05) is 39.2 Å². The molecule has 0 radical (unpaired) electrons. The summed E-state index contributed by atoms with van der Waals surface area (Å²) < 4.78 is 6.78. The summed E-state index contributed by atoms with van der Waals surface area (Å²) in [5.41, 5.74) is 16.1. The van der Waals surface area contributed by atoms with Gasteiger partial charge in [-0.05, 0) is 105 Å². The fourth-order valence-electron chi connectivity index (χ4n) is 8.75. The second-order valence-electron chi connectivity index (χ2n) is 16.1. The maximum absolute atomic E-state index is 6.78. The molecule has 1 aromatic heterocycles. The number of nitrogens with zero attached hydrogens (tertiary/aromatic N) is 1. The third kappa shape index (κ3) is 4.53. The summed E-state index contributed by atoms with van der Waals surface area (Å²) >= 11 is 0. The summed E-state index contributed by atoms with van der Waals surface area (Å²) in [6.07, 6.45) is 2.37. The standard InChI is InChI=1S/C47H43NO/c1-45(2)24-25-46(3,4)41-29-44-37(28-40(41)45)36-23-21-32(27-43(36)49-44)48(42-19-13-11-16-33(42)30-14-8-7-9-15-30)31-20-22-35-34-17-10-12-18-38(34)47(5,6)39(35)26-31/h7-23,26-29H,24-25H2,1-6H3. The van der Waals surface area contributed by atoms with Crippen LogP contribution in [0.25, 0.3) is 44.2 Å². The summed E-state index contributed by atoms with van der Waals surface area (Å²) in [4.78, 5) is 2.42. The Morgan fingerprint density at radius 2 is 1.06 bits per heavy atom. The van der Waals surface area contributed by atoms with Gasteiger partial charge in [0.1, 0.15) is 11.2 Å². The molecule has 0 fully saturated rings.